The first-order valence-electron chi connectivity index (χ1n) is 18.4. The van der Waals surface area contributed by atoms with Crippen molar-refractivity contribution in [1.29, 1.82) is 0 Å². The van der Waals surface area contributed by atoms with Gasteiger partial charge in [0.2, 0.25) is 0 Å². The van der Waals surface area contributed by atoms with Crippen LogP contribution in [0.25, 0.3) is 53.8 Å². The van der Waals surface area contributed by atoms with Crippen LogP contribution in [0.1, 0.15) is 36.0 Å². The Morgan fingerprint density at radius 3 is 2.25 bits per heavy atom. The van der Waals surface area contributed by atoms with Crippen LogP contribution in [0.3, 0.4) is 0 Å². The summed E-state index contributed by atoms with van der Waals surface area (Å²) in [5.74, 6) is -0.208. The van der Waals surface area contributed by atoms with E-state index in [2.05, 4.69) is 86.8 Å². The van der Waals surface area contributed by atoms with Gasteiger partial charge in [-0.05, 0) is 94.7 Å². The number of thiophene rings is 1. The SMILES string of the molecule is Cc1cc(C)c(-c2ccnc(-c3[c-]ccc4c3sc3cc(F)ccc34)c2)c(C)c1.[2H]C([2H])([2H])c1c[c-]c(-c2cc(C([2H])([2H])[2H])c([Si](C)(C)C)cn2)cc1.[Ir]. The summed E-state index contributed by atoms with van der Waals surface area (Å²) in [6.07, 6.45) is 3.51. The Morgan fingerprint density at radius 1 is 0.771 bits per heavy atom. The summed E-state index contributed by atoms with van der Waals surface area (Å²) in [6.45, 7) is 8.27. The summed E-state index contributed by atoms with van der Waals surface area (Å²) in [4.78, 5) is 9.05. The van der Waals surface area contributed by atoms with Crippen molar-refractivity contribution in [3.05, 3.63) is 137 Å². The molecule has 0 unspecified atom stereocenters. The van der Waals surface area contributed by atoms with Crippen LogP contribution >= 0.6 is 11.3 Å². The van der Waals surface area contributed by atoms with Crippen molar-refractivity contribution in [2.24, 2.45) is 0 Å². The molecule has 7 aromatic rings. The maximum atomic E-state index is 13.7. The van der Waals surface area contributed by atoms with Crippen LogP contribution < -0.4 is 5.19 Å². The summed E-state index contributed by atoms with van der Waals surface area (Å²) in [5.41, 5.74) is 9.64. The molecule has 3 aromatic heterocycles. The van der Waals surface area contributed by atoms with Crippen LogP contribution in [0.4, 0.5) is 4.39 Å². The molecule has 0 spiro atoms. The van der Waals surface area contributed by atoms with Gasteiger partial charge < -0.3 is 9.97 Å². The largest absolute Gasteiger partial charge is 0.305 e. The van der Waals surface area contributed by atoms with E-state index in [9.17, 15) is 4.39 Å². The van der Waals surface area contributed by atoms with Crippen molar-refractivity contribution < 1.29 is 32.7 Å². The van der Waals surface area contributed by atoms with Gasteiger partial charge in [-0.1, -0.05) is 73.3 Å². The van der Waals surface area contributed by atoms with E-state index in [-0.39, 0.29) is 31.5 Å². The van der Waals surface area contributed by atoms with Crippen molar-refractivity contribution in [3.8, 4) is 33.6 Å². The second-order valence-electron chi connectivity index (χ2n) is 12.9. The maximum absolute atomic E-state index is 13.7. The number of halogens is 1. The van der Waals surface area contributed by atoms with Crippen LogP contribution in [0, 0.1) is 52.4 Å². The van der Waals surface area contributed by atoms with Crippen molar-refractivity contribution in [2.45, 2.75) is 54.1 Å². The number of hydrogen-bond acceptors (Lipinski definition) is 3. The van der Waals surface area contributed by atoms with Crippen molar-refractivity contribution in [3.63, 3.8) is 0 Å². The van der Waals surface area contributed by atoms with Crippen LogP contribution in [0.5, 0.6) is 0 Å². The average molecular weight is 849 g/mol. The van der Waals surface area contributed by atoms with Gasteiger partial charge in [0, 0.05) is 45.4 Å². The fourth-order valence-electron chi connectivity index (χ4n) is 6.05. The molecule has 2 nitrogen and oxygen atoms in total. The molecule has 0 atom stereocenters. The Bertz CT molecular complexity index is 2450. The normalized spacial score (nSPS) is 13.6. The molecule has 0 aliphatic carbocycles. The molecule has 48 heavy (non-hydrogen) atoms. The van der Waals surface area contributed by atoms with E-state index < -0.39 is 21.8 Å². The van der Waals surface area contributed by atoms with Gasteiger partial charge in [0.25, 0.3) is 0 Å². The van der Waals surface area contributed by atoms with Gasteiger partial charge in [-0.15, -0.1) is 59.2 Å². The minimum absolute atomic E-state index is 0. The first-order valence-corrected chi connectivity index (χ1v) is 19.7. The van der Waals surface area contributed by atoms with Gasteiger partial charge in [0.15, 0.2) is 0 Å². The molecule has 3 heterocycles. The molecule has 0 bridgehead atoms. The molecule has 245 valence electrons. The van der Waals surface area contributed by atoms with Gasteiger partial charge in [0.1, 0.15) is 5.82 Å². The van der Waals surface area contributed by atoms with Crippen LogP contribution in [-0.2, 0) is 20.1 Å². The molecular formula is C42H39FIrN2SSi-2. The Morgan fingerprint density at radius 2 is 1.56 bits per heavy atom. The van der Waals surface area contributed by atoms with Crippen LogP contribution in [0.15, 0.2) is 91.3 Å². The Labute approximate surface area is 310 Å². The summed E-state index contributed by atoms with van der Waals surface area (Å²) in [5, 5.41) is 3.00. The first-order chi connectivity index (χ1) is 24.8. The van der Waals surface area contributed by atoms with E-state index >= 15 is 0 Å². The third kappa shape index (κ3) is 7.43. The summed E-state index contributed by atoms with van der Waals surface area (Å²) < 4.78 is 61.4. The molecular weight excluding hydrogens is 804 g/mol. The molecule has 0 aliphatic heterocycles. The minimum atomic E-state index is -2.22. The molecule has 0 saturated carbocycles. The van der Waals surface area contributed by atoms with E-state index in [0.717, 1.165) is 42.2 Å². The van der Waals surface area contributed by atoms with Gasteiger partial charge in [-0.3, -0.25) is 0 Å². The van der Waals surface area contributed by atoms with Crippen molar-refractivity contribution >= 4 is 44.8 Å². The molecule has 6 heteroatoms. The summed E-state index contributed by atoms with van der Waals surface area (Å²) in [7, 11) is -1.85. The molecule has 7 rings (SSSR count). The van der Waals surface area contributed by atoms with Gasteiger partial charge in [-0.25, -0.2) is 4.39 Å². The second kappa shape index (κ2) is 14.4. The van der Waals surface area contributed by atoms with E-state index in [4.69, 9.17) is 8.22 Å². The quantitative estimate of drug-likeness (QED) is 0.130. The third-order valence-corrected chi connectivity index (χ3v) is 11.4. The fourth-order valence-corrected chi connectivity index (χ4v) is 8.61. The number of aromatic nitrogens is 2. The van der Waals surface area contributed by atoms with Gasteiger partial charge >= 0.3 is 0 Å². The van der Waals surface area contributed by atoms with Crippen LogP contribution in [0.2, 0.25) is 19.6 Å². The third-order valence-electron chi connectivity index (χ3n) is 8.18. The summed E-state index contributed by atoms with van der Waals surface area (Å²) in [6, 6.07) is 30.0. The molecule has 0 aliphatic rings. The second-order valence-corrected chi connectivity index (χ2v) is 19.0. The molecule has 1 radical (unpaired) electrons. The number of benzene rings is 4. The number of hydrogen-bond donors (Lipinski definition) is 0. The zero-order valence-corrected chi connectivity index (χ0v) is 31.9. The number of fused-ring (bicyclic) bond motifs is 3. The fraction of sp³-hybridized carbons (Fsp3) is 0.190. The van der Waals surface area contributed by atoms with E-state index in [1.807, 2.05) is 24.4 Å². The Hall–Kier alpha value is -3.80. The monoisotopic (exact) mass is 849 g/mol. The van der Waals surface area contributed by atoms with Crippen molar-refractivity contribution in [2.75, 3.05) is 0 Å². The number of pyridine rings is 2. The Kier molecular flexibility index (Phi) is 8.40. The molecule has 4 aromatic carbocycles. The van der Waals surface area contributed by atoms with Gasteiger partial charge in [-0.2, -0.15) is 11.3 Å². The molecule has 0 saturated heterocycles. The first kappa shape index (κ1) is 28.1. The number of rotatable bonds is 4. The summed E-state index contributed by atoms with van der Waals surface area (Å²) >= 11 is 1.60. The van der Waals surface area contributed by atoms with E-state index in [1.165, 1.54) is 40.5 Å². The topological polar surface area (TPSA) is 25.8 Å². The molecule has 0 N–H and O–H groups in total. The average Bonchev–Trinajstić information content (AvgIpc) is 3.45. The predicted molar refractivity (Wildman–Crippen MR) is 202 cm³/mol. The van der Waals surface area contributed by atoms with Crippen molar-refractivity contribution in [1.82, 2.24) is 9.97 Å². The zero-order chi connectivity index (χ0) is 38.5. The van der Waals surface area contributed by atoms with Crippen LogP contribution in [-0.4, -0.2) is 18.0 Å². The maximum Gasteiger partial charge on any atom is 0.124 e. The predicted octanol–water partition coefficient (Wildman–Crippen LogP) is 11.4. The number of aryl methyl sites for hydroxylation is 5. The molecule has 0 fully saturated rings. The zero-order valence-electron chi connectivity index (χ0n) is 33.7. The van der Waals surface area contributed by atoms with Gasteiger partial charge in [0.05, 0.1) is 8.07 Å². The number of nitrogens with zero attached hydrogens (tertiary/aromatic N) is 2. The van der Waals surface area contributed by atoms with E-state index in [1.54, 1.807) is 35.7 Å². The van der Waals surface area contributed by atoms with E-state index in [0.29, 0.717) is 16.8 Å². The standard InChI is InChI=1S/C26H19FNS.C16H20NSi.Ir/c1-15-11-16(2)25(17(3)12-15)18-9-10-28-23(13-18)22-6-4-5-21-20-8-7-19(27)14-24(20)29-26(21)22;1-12-6-8-14(9-7-12)15-10-13(2)16(11-17-15)18(3,4)5;/h4-5,7-14H,1-3H3;6-8,10-11H,1-5H3;/q2*-1;/i;1D3,2D3;. The smallest absolute Gasteiger partial charge is 0.124 e. The minimum Gasteiger partial charge on any atom is -0.305 e. The molecule has 0 amide bonds. The Balaban J connectivity index is 0.000000208.